The number of anilines is 1. The van der Waals surface area contributed by atoms with E-state index in [0.29, 0.717) is 13.1 Å². The van der Waals surface area contributed by atoms with E-state index >= 15 is 0 Å². The molecule has 0 saturated carbocycles. The summed E-state index contributed by atoms with van der Waals surface area (Å²) in [6.07, 6.45) is 1.41. The lowest BCUT2D eigenvalue weighted by atomic mass is 10.0. The number of carbonyl (C=O) groups excluding carboxylic acids is 1. The second-order valence-electron chi connectivity index (χ2n) is 11.8. The molecule has 0 aliphatic carbocycles. The van der Waals surface area contributed by atoms with E-state index in [0.717, 1.165) is 72.0 Å². The molecule has 39 heavy (non-hydrogen) atoms. The van der Waals surface area contributed by atoms with Crippen molar-refractivity contribution in [2.75, 3.05) is 58.7 Å². The summed E-state index contributed by atoms with van der Waals surface area (Å²) in [5.74, 6) is 0.831. The molecule has 212 valence electrons. The molecule has 3 aromatic rings. The molecule has 0 spiro atoms. The average molecular weight is 537 g/mol. The largest absolute Gasteiger partial charge is 0.444 e. The van der Waals surface area contributed by atoms with Gasteiger partial charge in [0.25, 0.3) is 0 Å². The Balaban J connectivity index is 1.45. The molecule has 1 aliphatic heterocycles. The maximum atomic E-state index is 12.4. The van der Waals surface area contributed by atoms with Crippen LogP contribution < -0.4 is 5.32 Å². The van der Waals surface area contributed by atoms with Crippen molar-refractivity contribution in [3.05, 3.63) is 35.9 Å². The fraction of sp³-hybridized carbons (Fsp3) is 0.586. The van der Waals surface area contributed by atoms with Crippen LogP contribution in [0.25, 0.3) is 22.0 Å². The van der Waals surface area contributed by atoms with Gasteiger partial charge in [-0.05, 0) is 61.7 Å². The summed E-state index contributed by atoms with van der Waals surface area (Å²) < 4.78 is 7.62. The lowest BCUT2D eigenvalue weighted by Gasteiger charge is -2.36. The molecule has 1 unspecified atom stereocenters. The highest BCUT2D eigenvalue weighted by molar-refractivity contribution is 5.99. The van der Waals surface area contributed by atoms with Crippen molar-refractivity contribution in [3.8, 4) is 11.1 Å². The van der Waals surface area contributed by atoms with Crippen LogP contribution in [0.4, 0.5) is 10.6 Å². The lowest BCUT2D eigenvalue weighted by Crippen LogP contribution is -2.51. The van der Waals surface area contributed by atoms with Crippen LogP contribution in [0, 0.1) is 13.8 Å². The Bertz CT molecular complexity index is 1290. The molecular formula is C29H44N8O2. The van der Waals surface area contributed by atoms with E-state index < -0.39 is 5.60 Å². The van der Waals surface area contributed by atoms with Crippen LogP contribution in [0.5, 0.6) is 0 Å². The molecule has 10 heteroatoms. The number of nitrogens with one attached hydrogen (secondary N) is 1. The minimum Gasteiger partial charge on any atom is -0.444 e. The Hall–Kier alpha value is -3.24. The highest BCUT2D eigenvalue weighted by Crippen LogP contribution is 2.34. The Labute approximate surface area is 232 Å². The lowest BCUT2D eigenvalue weighted by molar-refractivity contribution is 0.0144. The van der Waals surface area contributed by atoms with Crippen LogP contribution in [0.15, 0.2) is 24.5 Å². The molecule has 1 atom stereocenters. The zero-order valence-corrected chi connectivity index (χ0v) is 24.8. The van der Waals surface area contributed by atoms with Crippen LogP contribution in [0.1, 0.15) is 39.1 Å². The monoisotopic (exact) mass is 536 g/mol. The minimum atomic E-state index is -0.475. The molecule has 4 rings (SSSR count). The van der Waals surface area contributed by atoms with Crippen molar-refractivity contribution in [2.45, 2.75) is 59.7 Å². The summed E-state index contributed by atoms with van der Waals surface area (Å²) >= 11 is 0. The maximum absolute atomic E-state index is 12.4. The van der Waals surface area contributed by atoms with Gasteiger partial charge in [0.1, 0.15) is 17.7 Å². The van der Waals surface area contributed by atoms with Crippen LogP contribution in [0.2, 0.25) is 0 Å². The topological polar surface area (TPSA) is 91.7 Å². The number of aromatic nitrogens is 4. The number of nitrogens with zero attached hydrogens (tertiary/aromatic N) is 7. The number of hydrogen-bond donors (Lipinski definition) is 1. The van der Waals surface area contributed by atoms with Crippen molar-refractivity contribution in [2.24, 2.45) is 0 Å². The van der Waals surface area contributed by atoms with Crippen LogP contribution >= 0.6 is 0 Å². The molecule has 1 N–H and O–H groups in total. The Morgan fingerprint density at radius 2 is 1.85 bits per heavy atom. The van der Waals surface area contributed by atoms with Gasteiger partial charge in [0.2, 0.25) is 0 Å². The van der Waals surface area contributed by atoms with Gasteiger partial charge in [-0.15, -0.1) is 0 Å². The Morgan fingerprint density at radius 3 is 2.51 bits per heavy atom. The number of rotatable bonds is 8. The minimum absolute atomic E-state index is 0.164. The van der Waals surface area contributed by atoms with Crippen LogP contribution in [-0.4, -0.2) is 106 Å². The van der Waals surface area contributed by atoms with E-state index in [2.05, 4.69) is 77.8 Å². The summed E-state index contributed by atoms with van der Waals surface area (Å²) in [6, 6.07) is 6.44. The fourth-order valence-corrected chi connectivity index (χ4v) is 5.11. The van der Waals surface area contributed by atoms with Gasteiger partial charge < -0.3 is 19.9 Å². The smallest absolute Gasteiger partial charge is 0.410 e. The molecule has 0 radical (unpaired) electrons. The number of carbonyl (C=O) groups is 1. The van der Waals surface area contributed by atoms with Crippen LogP contribution in [-0.2, 0) is 11.3 Å². The predicted molar refractivity (Wildman–Crippen MR) is 156 cm³/mol. The first-order valence-corrected chi connectivity index (χ1v) is 13.8. The summed E-state index contributed by atoms with van der Waals surface area (Å²) in [5, 5.41) is 9.44. The first-order chi connectivity index (χ1) is 18.4. The van der Waals surface area contributed by atoms with Gasteiger partial charge in [0.05, 0.1) is 17.8 Å². The quantitative estimate of drug-likeness (QED) is 0.462. The van der Waals surface area contributed by atoms with Crippen LogP contribution in [0.3, 0.4) is 0 Å². The van der Waals surface area contributed by atoms with Crippen molar-refractivity contribution in [3.63, 3.8) is 0 Å². The number of likely N-dealkylation sites (N-methyl/N-ethyl adjacent to an activating group) is 1. The SMILES string of the molecule is Cc1nn(CCN(C)C)c(C)c1-c1cccc2c(NC(C)CN3CCN(C(=O)OC(C)(C)C)CC3)ncnc12. The van der Waals surface area contributed by atoms with Gasteiger partial charge in [0, 0.05) is 67.5 Å². The molecule has 1 amide bonds. The van der Waals surface area contributed by atoms with E-state index in [9.17, 15) is 4.79 Å². The molecule has 1 aliphatic rings. The van der Waals surface area contributed by atoms with Crippen molar-refractivity contribution < 1.29 is 9.53 Å². The third-order valence-corrected chi connectivity index (χ3v) is 7.01. The normalized spacial score (nSPS) is 15.7. The first-order valence-electron chi connectivity index (χ1n) is 13.8. The summed E-state index contributed by atoms with van der Waals surface area (Å²) in [5.41, 5.74) is 4.82. The Morgan fingerprint density at radius 1 is 1.13 bits per heavy atom. The van der Waals surface area contributed by atoms with Gasteiger partial charge in [-0.3, -0.25) is 9.58 Å². The number of ether oxygens (including phenoxy) is 1. The van der Waals surface area contributed by atoms with Gasteiger partial charge in [-0.1, -0.05) is 12.1 Å². The molecular weight excluding hydrogens is 492 g/mol. The van der Waals surface area contributed by atoms with E-state index in [1.165, 1.54) is 0 Å². The third-order valence-electron chi connectivity index (χ3n) is 7.01. The van der Waals surface area contributed by atoms with Crippen molar-refractivity contribution in [1.29, 1.82) is 0 Å². The molecule has 0 bridgehead atoms. The van der Waals surface area contributed by atoms with E-state index in [1.54, 1.807) is 11.2 Å². The molecule has 10 nitrogen and oxygen atoms in total. The second kappa shape index (κ2) is 11.9. The second-order valence-corrected chi connectivity index (χ2v) is 11.8. The van der Waals surface area contributed by atoms with E-state index in [-0.39, 0.29) is 12.1 Å². The van der Waals surface area contributed by atoms with E-state index in [1.807, 2.05) is 20.8 Å². The number of para-hydroxylation sites is 1. The Kier molecular flexibility index (Phi) is 8.76. The number of piperazine rings is 1. The van der Waals surface area contributed by atoms with Gasteiger partial charge in [-0.2, -0.15) is 5.10 Å². The van der Waals surface area contributed by atoms with Gasteiger partial charge in [0.15, 0.2) is 0 Å². The molecule has 1 fully saturated rings. The summed E-state index contributed by atoms with van der Waals surface area (Å²) in [4.78, 5) is 28.0. The highest BCUT2D eigenvalue weighted by atomic mass is 16.6. The maximum Gasteiger partial charge on any atom is 0.410 e. The fourth-order valence-electron chi connectivity index (χ4n) is 5.11. The summed E-state index contributed by atoms with van der Waals surface area (Å²) in [6.45, 7) is 17.7. The zero-order valence-electron chi connectivity index (χ0n) is 24.8. The highest BCUT2D eigenvalue weighted by Gasteiger charge is 2.26. The van der Waals surface area contributed by atoms with Crippen molar-refractivity contribution >= 4 is 22.8 Å². The summed E-state index contributed by atoms with van der Waals surface area (Å²) in [7, 11) is 4.15. The first kappa shape index (κ1) is 28.8. The number of benzene rings is 1. The number of fused-ring (bicyclic) bond motifs is 1. The average Bonchev–Trinajstić information content (AvgIpc) is 3.14. The third kappa shape index (κ3) is 7.05. The van der Waals surface area contributed by atoms with Crippen molar-refractivity contribution in [1.82, 2.24) is 34.4 Å². The molecule has 1 aromatic carbocycles. The number of hydrogen-bond acceptors (Lipinski definition) is 8. The standard InChI is InChI=1S/C29H44N8O2/c1-20(18-35-13-15-36(16-14-35)28(38)39-29(4,5)6)32-27-24-11-9-10-23(26(24)30-19-31-27)25-21(2)33-37(22(25)3)17-12-34(7)8/h9-11,19-20H,12-18H2,1-8H3,(H,30,31,32). The number of aryl methyl sites for hydroxylation is 1. The van der Waals surface area contributed by atoms with Gasteiger partial charge >= 0.3 is 6.09 Å². The predicted octanol–water partition coefficient (Wildman–Crippen LogP) is 4.02. The number of amides is 1. The zero-order chi connectivity index (χ0) is 28.3. The molecule has 3 heterocycles. The van der Waals surface area contributed by atoms with E-state index in [4.69, 9.17) is 14.8 Å². The molecule has 1 saturated heterocycles. The van der Waals surface area contributed by atoms with Gasteiger partial charge in [-0.25, -0.2) is 14.8 Å². The molecule has 2 aromatic heterocycles.